The highest BCUT2D eigenvalue weighted by atomic mass is 16.5. The number of amides is 2. The molecular weight excluding hydrogens is 310 g/mol. The van der Waals surface area contributed by atoms with Crippen LogP contribution in [0.3, 0.4) is 0 Å². The fraction of sp³-hybridized carbons (Fsp3) is 0.824. The number of rotatable bonds is 6. The van der Waals surface area contributed by atoms with E-state index in [1.807, 2.05) is 11.8 Å². The predicted molar refractivity (Wildman–Crippen MR) is 89.2 cm³/mol. The van der Waals surface area contributed by atoms with Crippen LogP contribution in [0.25, 0.3) is 0 Å². The number of ether oxygens (including phenoxy) is 1. The van der Waals surface area contributed by atoms with Gasteiger partial charge in [-0.15, -0.1) is 0 Å². The van der Waals surface area contributed by atoms with Crippen LogP contribution in [0.1, 0.15) is 39.5 Å². The molecule has 0 spiro atoms. The topological polar surface area (TPSA) is 79.0 Å². The average molecular weight is 339 g/mol. The molecule has 0 aromatic rings. The van der Waals surface area contributed by atoms with E-state index in [2.05, 4.69) is 15.0 Å². The van der Waals surface area contributed by atoms with Gasteiger partial charge in [0, 0.05) is 38.1 Å². The van der Waals surface area contributed by atoms with Crippen molar-refractivity contribution < 1.29 is 19.1 Å². The first-order chi connectivity index (χ1) is 11.4. The second-order valence-corrected chi connectivity index (χ2v) is 6.87. The van der Waals surface area contributed by atoms with Crippen molar-refractivity contribution in [3.05, 3.63) is 0 Å². The fourth-order valence-corrected chi connectivity index (χ4v) is 3.23. The zero-order chi connectivity index (χ0) is 17.7. The highest BCUT2D eigenvalue weighted by Gasteiger charge is 2.32. The van der Waals surface area contributed by atoms with Gasteiger partial charge in [0.05, 0.1) is 13.5 Å². The fourth-order valence-electron chi connectivity index (χ4n) is 3.23. The average Bonchev–Trinajstić information content (AvgIpc) is 2.50. The molecule has 0 bridgehead atoms. The minimum atomic E-state index is -0.484. The van der Waals surface area contributed by atoms with Gasteiger partial charge in [-0.2, -0.15) is 0 Å². The molecular formula is C17H29N3O4. The lowest BCUT2D eigenvalue weighted by Gasteiger charge is -2.41. The molecule has 2 amide bonds. The molecule has 2 atom stereocenters. The lowest BCUT2D eigenvalue weighted by molar-refractivity contribution is -0.143. The summed E-state index contributed by atoms with van der Waals surface area (Å²) >= 11 is 0. The second-order valence-electron chi connectivity index (χ2n) is 6.87. The first-order valence-electron chi connectivity index (χ1n) is 8.82. The largest absolute Gasteiger partial charge is 0.469 e. The molecule has 2 fully saturated rings. The summed E-state index contributed by atoms with van der Waals surface area (Å²) in [6.07, 6.45) is 3.33. The molecule has 0 radical (unpaired) electrons. The number of carbonyl (C=O) groups excluding carboxylic acids is 3. The molecule has 1 heterocycles. The van der Waals surface area contributed by atoms with Crippen LogP contribution in [-0.4, -0.2) is 73.0 Å². The molecule has 1 aliphatic carbocycles. The maximum atomic E-state index is 12.6. The Morgan fingerprint density at radius 2 is 1.96 bits per heavy atom. The van der Waals surface area contributed by atoms with Gasteiger partial charge in [-0.1, -0.05) is 6.42 Å². The number of esters is 1. The summed E-state index contributed by atoms with van der Waals surface area (Å²) in [7, 11) is 1.39. The maximum absolute atomic E-state index is 12.6. The molecule has 2 aliphatic rings. The summed E-state index contributed by atoms with van der Waals surface area (Å²) < 4.78 is 4.66. The lowest BCUT2D eigenvalue weighted by Crippen LogP contribution is -2.58. The van der Waals surface area contributed by atoms with Crippen LogP contribution in [0.15, 0.2) is 0 Å². The molecule has 1 N–H and O–H groups in total. The minimum absolute atomic E-state index is 0.00599. The second kappa shape index (κ2) is 8.46. The molecule has 1 saturated heterocycles. The van der Waals surface area contributed by atoms with E-state index in [1.165, 1.54) is 7.11 Å². The number of piperazine rings is 1. The van der Waals surface area contributed by atoms with Gasteiger partial charge in [-0.25, -0.2) is 0 Å². The van der Waals surface area contributed by atoms with Crippen LogP contribution in [-0.2, 0) is 19.1 Å². The molecule has 136 valence electrons. The van der Waals surface area contributed by atoms with Crippen LogP contribution < -0.4 is 5.32 Å². The van der Waals surface area contributed by atoms with Gasteiger partial charge in [0.15, 0.2) is 0 Å². The summed E-state index contributed by atoms with van der Waals surface area (Å²) in [5, 5.41) is 2.85. The SMILES string of the molecule is COC(=O)CCN1CCN(C(=O)[C@@H](C)NC(=O)C2CCC2)[C@H](C)C1. The Morgan fingerprint density at radius 1 is 1.25 bits per heavy atom. The molecule has 7 nitrogen and oxygen atoms in total. The minimum Gasteiger partial charge on any atom is -0.469 e. The predicted octanol–water partition coefficient (Wildman–Crippen LogP) is 0.387. The van der Waals surface area contributed by atoms with Crippen molar-refractivity contribution in [1.29, 1.82) is 0 Å². The molecule has 0 unspecified atom stereocenters. The van der Waals surface area contributed by atoms with Gasteiger partial charge in [-0.3, -0.25) is 19.3 Å². The van der Waals surface area contributed by atoms with Gasteiger partial charge >= 0.3 is 5.97 Å². The van der Waals surface area contributed by atoms with Crippen molar-refractivity contribution in [2.24, 2.45) is 5.92 Å². The summed E-state index contributed by atoms with van der Waals surface area (Å²) in [4.78, 5) is 39.8. The Morgan fingerprint density at radius 3 is 2.50 bits per heavy atom. The third-order valence-corrected chi connectivity index (χ3v) is 5.06. The number of carbonyl (C=O) groups is 3. The number of nitrogens with zero attached hydrogens (tertiary/aromatic N) is 2. The van der Waals surface area contributed by atoms with Crippen molar-refractivity contribution in [3.8, 4) is 0 Å². The normalized spacial score (nSPS) is 23.3. The van der Waals surface area contributed by atoms with E-state index in [-0.39, 0.29) is 29.7 Å². The van der Waals surface area contributed by atoms with E-state index in [0.717, 1.165) is 32.4 Å². The highest BCUT2D eigenvalue weighted by molar-refractivity contribution is 5.88. The molecule has 0 aromatic heterocycles. The van der Waals surface area contributed by atoms with E-state index < -0.39 is 6.04 Å². The molecule has 1 aliphatic heterocycles. The quantitative estimate of drug-likeness (QED) is 0.708. The summed E-state index contributed by atoms with van der Waals surface area (Å²) in [5.41, 5.74) is 0. The van der Waals surface area contributed by atoms with E-state index in [1.54, 1.807) is 6.92 Å². The van der Waals surface area contributed by atoms with Crippen LogP contribution >= 0.6 is 0 Å². The molecule has 24 heavy (non-hydrogen) atoms. The lowest BCUT2D eigenvalue weighted by atomic mass is 9.84. The van der Waals surface area contributed by atoms with Gasteiger partial charge in [-0.05, 0) is 26.7 Å². The van der Waals surface area contributed by atoms with Crippen LogP contribution in [0, 0.1) is 5.92 Å². The Hall–Kier alpha value is -1.63. The number of methoxy groups -OCH3 is 1. The van der Waals surface area contributed by atoms with Gasteiger partial charge < -0.3 is 15.0 Å². The van der Waals surface area contributed by atoms with Crippen molar-refractivity contribution >= 4 is 17.8 Å². The van der Waals surface area contributed by atoms with Crippen LogP contribution in [0.4, 0.5) is 0 Å². The zero-order valence-corrected chi connectivity index (χ0v) is 14.9. The van der Waals surface area contributed by atoms with E-state index in [4.69, 9.17) is 0 Å². The van der Waals surface area contributed by atoms with E-state index >= 15 is 0 Å². The van der Waals surface area contributed by atoms with Crippen molar-refractivity contribution in [3.63, 3.8) is 0 Å². The molecule has 1 saturated carbocycles. The monoisotopic (exact) mass is 339 g/mol. The standard InChI is InChI=1S/C17H29N3O4/c1-12-11-19(8-7-15(21)24-3)9-10-20(12)17(23)13(2)18-16(22)14-5-4-6-14/h12-14H,4-11H2,1-3H3,(H,18,22)/t12-,13-/m1/s1. The molecule has 7 heteroatoms. The number of nitrogens with one attached hydrogen (secondary N) is 1. The Kier molecular flexibility index (Phi) is 6.60. The van der Waals surface area contributed by atoms with Gasteiger partial charge in [0.2, 0.25) is 11.8 Å². The third-order valence-electron chi connectivity index (χ3n) is 5.06. The first-order valence-corrected chi connectivity index (χ1v) is 8.82. The van der Waals surface area contributed by atoms with Crippen LogP contribution in [0.2, 0.25) is 0 Å². The summed E-state index contributed by atoms with van der Waals surface area (Å²) in [6, 6.07) is -0.422. The van der Waals surface area contributed by atoms with Crippen molar-refractivity contribution in [1.82, 2.24) is 15.1 Å². The van der Waals surface area contributed by atoms with Gasteiger partial charge in [0.1, 0.15) is 6.04 Å². The highest BCUT2D eigenvalue weighted by Crippen LogP contribution is 2.26. The molecule has 2 rings (SSSR count). The first kappa shape index (κ1) is 18.7. The smallest absolute Gasteiger partial charge is 0.306 e. The van der Waals surface area contributed by atoms with Crippen molar-refractivity contribution in [2.75, 3.05) is 33.3 Å². The van der Waals surface area contributed by atoms with Crippen molar-refractivity contribution in [2.45, 2.75) is 51.6 Å². The Balaban J connectivity index is 1.78. The Bertz CT molecular complexity index is 478. The Labute approximate surface area is 143 Å². The van der Waals surface area contributed by atoms with Crippen LogP contribution in [0.5, 0.6) is 0 Å². The summed E-state index contributed by atoms with van der Waals surface area (Å²) in [6.45, 7) is 6.48. The van der Waals surface area contributed by atoms with E-state index in [0.29, 0.717) is 19.5 Å². The molecule has 0 aromatic carbocycles. The van der Waals surface area contributed by atoms with Gasteiger partial charge in [0.25, 0.3) is 0 Å². The third kappa shape index (κ3) is 4.69. The number of hydrogen-bond donors (Lipinski definition) is 1. The maximum Gasteiger partial charge on any atom is 0.306 e. The van der Waals surface area contributed by atoms with E-state index in [9.17, 15) is 14.4 Å². The summed E-state index contributed by atoms with van der Waals surface area (Å²) in [5.74, 6) is -0.143. The zero-order valence-electron chi connectivity index (χ0n) is 14.9. The number of hydrogen-bond acceptors (Lipinski definition) is 5.